The fraction of sp³-hybridized carbons (Fsp3) is 0.545. The molecule has 1 rings (SSSR count). The third-order valence-electron chi connectivity index (χ3n) is 2.25. The fourth-order valence-corrected chi connectivity index (χ4v) is 1.21. The second kappa shape index (κ2) is 5.18. The summed E-state index contributed by atoms with van der Waals surface area (Å²) in [6, 6.07) is 0. The molecule has 100 valence electrons. The van der Waals surface area contributed by atoms with Crippen molar-refractivity contribution < 1.29 is 14.3 Å². The zero-order valence-electron chi connectivity index (χ0n) is 11.0. The van der Waals surface area contributed by atoms with Crippen molar-refractivity contribution in [1.29, 1.82) is 0 Å². The number of carbonyl (C=O) groups is 2. The van der Waals surface area contributed by atoms with Crippen molar-refractivity contribution in [3.63, 3.8) is 0 Å². The van der Waals surface area contributed by atoms with Gasteiger partial charge in [0.05, 0.1) is 18.3 Å². The van der Waals surface area contributed by atoms with E-state index in [1.54, 1.807) is 27.8 Å². The predicted octanol–water partition coefficient (Wildman–Crippen LogP) is 0.273. The lowest BCUT2D eigenvalue weighted by Gasteiger charge is -2.18. The van der Waals surface area contributed by atoms with Crippen LogP contribution in [0.2, 0.25) is 0 Å². The summed E-state index contributed by atoms with van der Waals surface area (Å²) in [6.07, 6.45) is 1.34. The molecule has 0 aromatic carbocycles. The maximum Gasteiger partial charge on any atom is 0.343 e. The molecule has 1 aromatic heterocycles. The highest BCUT2D eigenvalue weighted by atomic mass is 16.5. The Kier molecular flexibility index (Phi) is 4.07. The largest absolute Gasteiger partial charge is 0.462 e. The summed E-state index contributed by atoms with van der Waals surface area (Å²) < 4.78 is 6.26. The number of hydrogen-bond donors (Lipinski definition) is 2. The van der Waals surface area contributed by atoms with Crippen LogP contribution in [0.4, 0.5) is 5.82 Å². The molecule has 3 N–H and O–H groups in total. The number of esters is 1. The average Bonchev–Trinajstić information content (AvgIpc) is 2.59. The van der Waals surface area contributed by atoms with Crippen molar-refractivity contribution >= 4 is 17.7 Å². The molecule has 1 aromatic rings. The first-order chi connectivity index (χ1) is 8.27. The van der Waals surface area contributed by atoms with E-state index < -0.39 is 17.4 Å². The van der Waals surface area contributed by atoms with Crippen LogP contribution in [0.25, 0.3) is 0 Å². The molecular formula is C11H18N4O3. The van der Waals surface area contributed by atoms with Gasteiger partial charge in [0.25, 0.3) is 0 Å². The van der Waals surface area contributed by atoms with Crippen molar-refractivity contribution in [3.05, 3.63) is 11.8 Å². The molecule has 0 aliphatic rings. The van der Waals surface area contributed by atoms with Gasteiger partial charge in [-0.1, -0.05) is 0 Å². The normalized spacial score (nSPS) is 11.2. The van der Waals surface area contributed by atoms with Crippen LogP contribution < -0.4 is 11.1 Å². The van der Waals surface area contributed by atoms with Gasteiger partial charge in [0.1, 0.15) is 11.4 Å². The molecule has 1 amide bonds. The Hall–Kier alpha value is -1.89. The van der Waals surface area contributed by atoms with E-state index in [4.69, 9.17) is 10.5 Å². The van der Waals surface area contributed by atoms with Gasteiger partial charge in [-0.3, -0.25) is 9.48 Å². The molecule has 0 atom stereocenters. The summed E-state index contributed by atoms with van der Waals surface area (Å²) in [5, 5.41) is 6.49. The zero-order chi connectivity index (χ0) is 13.9. The smallest absolute Gasteiger partial charge is 0.343 e. The molecule has 0 saturated heterocycles. The van der Waals surface area contributed by atoms with Crippen molar-refractivity contribution in [3.8, 4) is 0 Å². The Balaban J connectivity index is 2.99. The van der Waals surface area contributed by atoms with Crippen LogP contribution in [0, 0.1) is 0 Å². The highest BCUT2D eigenvalue weighted by Gasteiger charge is 2.26. The number of nitrogens with zero attached hydrogens (tertiary/aromatic N) is 2. The van der Waals surface area contributed by atoms with E-state index in [0.29, 0.717) is 0 Å². The predicted molar refractivity (Wildman–Crippen MR) is 66.1 cm³/mol. The summed E-state index contributed by atoms with van der Waals surface area (Å²) in [7, 11) is 1.61. The fourth-order valence-electron chi connectivity index (χ4n) is 1.21. The number of ether oxygens (including phenoxy) is 1. The molecule has 0 spiro atoms. The molecule has 1 heterocycles. The number of nitrogens with one attached hydrogen (secondary N) is 1. The van der Waals surface area contributed by atoms with Crippen molar-refractivity contribution in [2.45, 2.75) is 26.3 Å². The number of aryl methyl sites for hydroxylation is 1. The van der Waals surface area contributed by atoms with E-state index >= 15 is 0 Å². The number of amides is 1. The van der Waals surface area contributed by atoms with Gasteiger partial charge in [0.15, 0.2) is 0 Å². The minimum Gasteiger partial charge on any atom is -0.462 e. The number of rotatable bonds is 4. The SMILES string of the molecule is CCOC(=O)c1cnn(C)c1NC(=O)C(C)(C)N. The number of nitrogens with two attached hydrogens (primary N) is 1. The topological polar surface area (TPSA) is 99.2 Å². The van der Waals surface area contributed by atoms with Crippen LogP contribution in [0.5, 0.6) is 0 Å². The van der Waals surface area contributed by atoms with Crippen LogP contribution in [0.3, 0.4) is 0 Å². The van der Waals surface area contributed by atoms with E-state index in [0.717, 1.165) is 0 Å². The molecule has 0 unspecified atom stereocenters. The van der Waals surface area contributed by atoms with Crippen molar-refractivity contribution in [2.75, 3.05) is 11.9 Å². The van der Waals surface area contributed by atoms with Gasteiger partial charge < -0.3 is 15.8 Å². The number of anilines is 1. The van der Waals surface area contributed by atoms with Gasteiger partial charge >= 0.3 is 5.97 Å². The lowest BCUT2D eigenvalue weighted by atomic mass is 10.1. The third kappa shape index (κ3) is 3.07. The Morgan fingerprint density at radius 2 is 2.17 bits per heavy atom. The maximum atomic E-state index is 11.8. The molecule has 0 aliphatic carbocycles. The minimum atomic E-state index is -1.05. The maximum absolute atomic E-state index is 11.8. The lowest BCUT2D eigenvalue weighted by molar-refractivity contribution is -0.120. The highest BCUT2D eigenvalue weighted by molar-refractivity contribution is 6.02. The molecular weight excluding hydrogens is 236 g/mol. The van der Waals surface area contributed by atoms with Crippen LogP contribution in [0.15, 0.2) is 6.20 Å². The molecule has 0 aliphatic heterocycles. The van der Waals surface area contributed by atoms with Crippen LogP contribution in [-0.4, -0.2) is 33.8 Å². The first-order valence-electron chi connectivity index (χ1n) is 5.56. The minimum absolute atomic E-state index is 0.206. The number of carbonyl (C=O) groups excluding carboxylic acids is 2. The molecule has 0 radical (unpaired) electrons. The summed E-state index contributed by atoms with van der Waals surface area (Å²) in [5.41, 5.74) is 4.83. The van der Waals surface area contributed by atoms with Crippen LogP contribution >= 0.6 is 0 Å². The molecule has 0 bridgehead atoms. The highest BCUT2D eigenvalue weighted by Crippen LogP contribution is 2.16. The summed E-state index contributed by atoms with van der Waals surface area (Å²) >= 11 is 0. The van der Waals surface area contributed by atoms with Crippen molar-refractivity contribution in [2.24, 2.45) is 12.8 Å². The standard InChI is InChI=1S/C11H18N4O3/c1-5-18-9(16)7-6-13-15(4)8(7)14-10(17)11(2,3)12/h6H,5,12H2,1-4H3,(H,14,17). The second-order valence-electron chi connectivity index (χ2n) is 4.43. The quantitative estimate of drug-likeness (QED) is 0.751. The van der Waals surface area contributed by atoms with Crippen LogP contribution in [-0.2, 0) is 16.6 Å². The van der Waals surface area contributed by atoms with Crippen molar-refractivity contribution in [1.82, 2.24) is 9.78 Å². The van der Waals surface area contributed by atoms with E-state index in [1.807, 2.05) is 0 Å². The zero-order valence-corrected chi connectivity index (χ0v) is 11.0. The van der Waals surface area contributed by atoms with E-state index in [9.17, 15) is 9.59 Å². The second-order valence-corrected chi connectivity index (χ2v) is 4.43. The van der Waals surface area contributed by atoms with Gasteiger partial charge in [-0.15, -0.1) is 0 Å². The van der Waals surface area contributed by atoms with Gasteiger partial charge in [-0.2, -0.15) is 5.10 Å². The number of hydrogen-bond acceptors (Lipinski definition) is 5. The summed E-state index contributed by atoms with van der Waals surface area (Å²) in [6.45, 7) is 5.10. The van der Waals surface area contributed by atoms with E-state index in [1.165, 1.54) is 10.9 Å². The first-order valence-corrected chi connectivity index (χ1v) is 5.56. The summed E-state index contributed by atoms with van der Waals surface area (Å²) in [4.78, 5) is 23.4. The van der Waals surface area contributed by atoms with Gasteiger partial charge in [0, 0.05) is 7.05 Å². The molecule has 7 heteroatoms. The lowest BCUT2D eigenvalue weighted by Crippen LogP contribution is -2.45. The molecule has 0 fully saturated rings. The first kappa shape index (κ1) is 14.2. The van der Waals surface area contributed by atoms with Gasteiger partial charge in [-0.25, -0.2) is 4.79 Å². The third-order valence-corrected chi connectivity index (χ3v) is 2.25. The monoisotopic (exact) mass is 254 g/mol. The Morgan fingerprint density at radius 1 is 1.56 bits per heavy atom. The van der Waals surface area contributed by atoms with E-state index in [-0.39, 0.29) is 18.0 Å². The summed E-state index contributed by atoms with van der Waals surface area (Å²) in [5.74, 6) is -0.663. The van der Waals surface area contributed by atoms with Gasteiger partial charge in [-0.05, 0) is 20.8 Å². The Bertz CT molecular complexity index is 459. The molecule has 18 heavy (non-hydrogen) atoms. The van der Waals surface area contributed by atoms with E-state index in [2.05, 4.69) is 10.4 Å². The van der Waals surface area contributed by atoms with Gasteiger partial charge in [0.2, 0.25) is 5.91 Å². The molecule has 0 saturated carbocycles. The van der Waals surface area contributed by atoms with Crippen LogP contribution in [0.1, 0.15) is 31.1 Å². The molecule has 7 nitrogen and oxygen atoms in total. The number of aromatic nitrogens is 2. The average molecular weight is 254 g/mol. The Morgan fingerprint density at radius 3 is 2.67 bits per heavy atom. The Labute approximate surface area is 105 Å².